The number of amides is 2. The van der Waals surface area contributed by atoms with Gasteiger partial charge in [0.1, 0.15) is 17.2 Å². The van der Waals surface area contributed by atoms with E-state index >= 15 is 0 Å². The molecule has 3 atom stereocenters. The fraction of sp³-hybridized carbons (Fsp3) is 0.219. The van der Waals surface area contributed by atoms with Gasteiger partial charge in [-0.2, -0.15) is 0 Å². The monoisotopic (exact) mass is 725 g/mol. The highest BCUT2D eigenvalue weighted by Gasteiger charge is 2.54. The van der Waals surface area contributed by atoms with Gasteiger partial charge in [0.25, 0.3) is 5.91 Å². The molecule has 1 aliphatic rings. The number of carbonyl (C=O) groups is 4. The highest BCUT2D eigenvalue weighted by Crippen LogP contribution is 2.45. The number of Topliss-reactive ketones (excluding diaryl/α,β-unsaturated/α-hetero) is 1. The molecule has 2 amide bonds. The molecule has 2 heterocycles. The third kappa shape index (κ3) is 7.96. The number of benzene rings is 3. The lowest BCUT2D eigenvalue weighted by Gasteiger charge is -2.49. The molecule has 45 heavy (non-hydrogen) atoms. The van der Waals surface area contributed by atoms with E-state index in [0.717, 1.165) is 24.6 Å². The largest absolute Gasteiger partial charge is 0.484 e. The molecule has 9 nitrogen and oxygen atoms in total. The summed E-state index contributed by atoms with van der Waals surface area (Å²) in [5.41, 5.74) is 2.71. The molecule has 1 fully saturated rings. The lowest BCUT2D eigenvalue weighted by molar-refractivity contribution is -0.162. The van der Waals surface area contributed by atoms with E-state index in [0.29, 0.717) is 16.9 Å². The summed E-state index contributed by atoms with van der Waals surface area (Å²) >= 11 is 4.84. The normalized spacial score (nSPS) is 16.5. The average Bonchev–Trinajstić information content (AvgIpc) is 3.43. The summed E-state index contributed by atoms with van der Waals surface area (Å²) in [6, 6.07) is 19.4. The van der Waals surface area contributed by atoms with Gasteiger partial charge in [0.2, 0.25) is 5.91 Å². The number of ketones is 1. The molecule has 3 unspecified atom stereocenters. The number of likely N-dealkylation sites (tertiary alicyclic amines) is 1. The Hall–Kier alpha value is -3.65. The van der Waals surface area contributed by atoms with Crippen LogP contribution in [0.4, 0.5) is 0 Å². The molecular formula is C32H28BrN3O6S3. The topological polar surface area (TPSA) is 115 Å². The molecule has 4 aromatic rings. The Kier molecular flexibility index (Phi) is 10.6. The van der Waals surface area contributed by atoms with E-state index in [9.17, 15) is 19.2 Å². The minimum Gasteiger partial charge on any atom is -0.484 e. The van der Waals surface area contributed by atoms with Gasteiger partial charge >= 0.3 is 5.97 Å². The van der Waals surface area contributed by atoms with Crippen LogP contribution in [0.3, 0.4) is 0 Å². The first-order valence-electron chi connectivity index (χ1n) is 13.7. The Morgan fingerprint density at radius 1 is 1.09 bits per heavy atom. The first-order valence-corrected chi connectivity index (χ1v) is 17.5. The highest BCUT2D eigenvalue weighted by molar-refractivity contribution is 9.10. The van der Waals surface area contributed by atoms with Crippen molar-refractivity contribution in [2.75, 3.05) is 13.2 Å². The number of esters is 1. The molecule has 1 N–H and O–H groups in total. The fourth-order valence-electron chi connectivity index (χ4n) is 4.50. The van der Waals surface area contributed by atoms with Crippen molar-refractivity contribution in [2.45, 2.75) is 35.6 Å². The molecule has 13 heteroatoms. The van der Waals surface area contributed by atoms with Crippen LogP contribution < -0.4 is 10.1 Å². The molecule has 1 aliphatic heterocycles. The molecule has 1 saturated heterocycles. The van der Waals surface area contributed by atoms with Gasteiger partial charge in [-0.1, -0.05) is 69.7 Å². The van der Waals surface area contributed by atoms with Crippen LogP contribution in [-0.4, -0.2) is 64.1 Å². The van der Waals surface area contributed by atoms with Gasteiger partial charge in [-0.05, 0) is 72.2 Å². The molecule has 0 spiro atoms. The summed E-state index contributed by atoms with van der Waals surface area (Å²) in [5.74, 6) is -1.63. The van der Waals surface area contributed by atoms with Gasteiger partial charge in [0.15, 0.2) is 29.4 Å². The maximum atomic E-state index is 13.5. The second-order valence-corrected chi connectivity index (χ2v) is 14.7. The van der Waals surface area contributed by atoms with Crippen molar-refractivity contribution < 1.29 is 28.7 Å². The van der Waals surface area contributed by atoms with E-state index < -0.39 is 41.8 Å². The summed E-state index contributed by atoms with van der Waals surface area (Å²) in [4.78, 5) is 58.4. The molecule has 0 bridgehead atoms. The predicted molar refractivity (Wildman–Crippen MR) is 180 cm³/mol. The average molecular weight is 727 g/mol. The molecular weight excluding hydrogens is 698 g/mol. The van der Waals surface area contributed by atoms with E-state index in [2.05, 4.69) is 38.9 Å². The Morgan fingerprint density at radius 2 is 1.82 bits per heavy atom. The van der Waals surface area contributed by atoms with Gasteiger partial charge in [0, 0.05) is 10.0 Å². The smallest absolute Gasteiger partial charge is 0.333 e. The summed E-state index contributed by atoms with van der Waals surface area (Å²) in [6.07, 6.45) is 0. The van der Waals surface area contributed by atoms with Crippen molar-refractivity contribution in [3.8, 4) is 5.75 Å². The molecule has 5 rings (SSSR count). The van der Waals surface area contributed by atoms with Crippen LogP contribution in [0.1, 0.15) is 22.8 Å². The number of para-hydroxylation sites is 1. The maximum Gasteiger partial charge on any atom is 0.333 e. The van der Waals surface area contributed by atoms with Crippen molar-refractivity contribution in [1.29, 1.82) is 0 Å². The number of carbonyl (C=O) groups excluding carboxylic acids is 4. The minimum atomic E-state index is -1.17. The zero-order chi connectivity index (χ0) is 32.1. The Morgan fingerprint density at radius 3 is 2.53 bits per heavy atom. The lowest BCUT2D eigenvalue weighted by atomic mass is 9.99. The molecule has 232 valence electrons. The van der Waals surface area contributed by atoms with E-state index in [-0.39, 0.29) is 12.4 Å². The quantitative estimate of drug-likeness (QED) is 0.0565. The fourth-order valence-corrected chi connectivity index (χ4v) is 8.82. The van der Waals surface area contributed by atoms with E-state index in [4.69, 9.17) is 9.47 Å². The number of hydrogen-bond donors (Lipinski definition) is 1. The number of rotatable bonds is 13. The van der Waals surface area contributed by atoms with Crippen LogP contribution in [0.5, 0.6) is 5.75 Å². The number of hydrogen-bond acceptors (Lipinski definition) is 10. The number of aromatic nitrogens is 1. The number of fused-ring (bicyclic) bond motifs is 1. The van der Waals surface area contributed by atoms with Crippen molar-refractivity contribution in [3.05, 3.63) is 101 Å². The molecule has 0 aliphatic carbocycles. The van der Waals surface area contributed by atoms with Crippen molar-refractivity contribution >= 4 is 82.6 Å². The minimum absolute atomic E-state index is 0.292. The number of β-lactam (4-membered cyclic amide) rings is 1. The van der Waals surface area contributed by atoms with Gasteiger partial charge in [-0.25, -0.2) is 9.78 Å². The van der Waals surface area contributed by atoms with Gasteiger partial charge in [-0.15, -0.1) is 11.3 Å². The number of nitrogens with one attached hydrogen (secondary N) is 1. The van der Waals surface area contributed by atoms with Gasteiger partial charge in [0.05, 0.1) is 10.2 Å². The number of thiazole rings is 1. The van der Waals surface area contributed by atoms with Crippen LogP contribution in [0.25, 0.3) is 10.2 Å². The first kappa shape index (κ1) is 32.7. The van der Waals surface area contributed by atoms with Gasteiger partial charge in [-0.3, -0.25) is 14.4 Å². The summed E-state index contributed by atoms with van der Waals surface area (Å²) in [7, 11) is 2.64. The third-order valence-corrected chi connectivity index (χ3v) is 11.3. The van der Waals surface area contributed by atoms with Crippen molar-refractivity contribution in [2.24, 2.45) is 0 Å². The number of aryl methyl sites for hydroxylation is 1. The Bertz CT molecular complexity index is 1750. The van der Waals surface area contributed by atoms with Crippen LogP contribution in [-0.2, 0) is 19.1 Å². The van der Waals surface area contributed by atoms with E-state index in [1.54, 1.807) is 55.5 Å². The van der Waals surface area contributed by atoms with Crippen LogP contribution in [0.15, 0.2) is 93.8 Å². The number of ether oxygens (including phenoxy) is 2. The van der Waals surface area contributed by atoms with E-state index in [1.165, 1.54) is 37.8 Å². The summed E-state index contributed by atoms with van der Waals surface area (Å²) in [6.45, 7) is 6.76. The van der Waals surface area contributed by atoms with E-state index in [1.807, 2.05) is 25.1 Å². The standard InChI is InChI=1S/C32H28BrN3O6S3/c1-18(2)28(31(40)42-16-24(37)20-10-12-21(33)13-11-20)36-29(39)27(35-26(38)17-41-22-7-5-4-6-8-22)30(36)44-45-32-34-23-14-9-19(3)15-25(23)43-32/h4-15,27-28,30H,1,16-17H2,2-3H3,(H,35,38). The number of halogens is 1. The van der Waals surface area contributed by atoms with Crippen LogP contribution in [0.2, 0.25) is 0 Å². The molecule has 3 aromatic carbocycles. The first-order chi connectivity index (χ1) is 21.6. The van der Waals surface area contributed by atoms with Crippen LogP contribution in [0, 0.1) is 6.92 Å². The SMILES string of the molecule is C=C(C)C(C(=O)OCC(=O)c1ccc(Br)cc1)N1C(=O)C(NC(=O)COc2ccccc2)C1SSc1nc2ccc(C)cc2s1. The highest BCUT2D eigenvalue weighted by atomic mass is 79.9. The van der Waals surface area contributed by atoms with Crippen molar-refractivity contribution in [3.63, 3.8) is 0 Å². The second-order valence-electron chi connectivity index (χ2n) is 10.2. The second kappa shape index (κ2) is 14.6. The van der Waals surface area contributed by atoms with Crippen LogP contribution >= 0.6 is 48.9 Å². The Labute approximate surface area is 280 Å². The zero-order valence-electron chi connectivity index (χ0n) is 24.2. The molecule has 0 radical (unpaired) electrons. The third-order valence-electron chi connectivity index (χ3n) is 6.73. The lowest BCUT2D eigenvalue weighted by Crippen LogP contribution is -2.73. The summed E-state index contributed by atoms with van der Waals surface area (Å²) < 4.78 is 13.5. The zero-order valence-corrected chi connectivity index (χ0v) is 28.3. The summed E-state index contributed by atoms with van der Waals surface area (Å²) in [5, 5.41) is 2.08. The number of nitrogens with zero attached hydrogens (tertiary/aromatic N) is 2. The molecule has 1 aromatic heterocycles. The maximum absolute atomic E-state index is 13.5. The predicted octanol–water partition coefficient (Wildman–Crippen LogP) is 6.21. The van der Waals surface area contributed by atoms with Crippen molar-refractivity contribution in [1.82, 2.24) is 15.2 Å². The molecule has 0 saturated carbocycles. The Balaban J connectivity index is 1.30. The van der Waals surface area contributed by atoms with Gasteiger partial charge < -0.3 is 19.7 Å².